The number of para-hydroxylation sites is 2. The molecule has 1 N–H and O–H groups in total. The molecule has 5 nitrogen and oxygen atoms in total. The average Bonchev–Trinajstić information content (AvgIpc) is 2.65. The fraction of sp³-hybridized carbons (Fsp3) is 0.417. The molecule has 2 aromatic carbocycles. The number of nitrogens with one attached hydrogen (secondary N) is 1. The topological polar surface area (TPSA) is 65.1 Å². The number of benzene rings is 2. The molecule has 151 valence electrons. The second-order valence-corrected chi connectivity index (χ2v) is 9.39. The fourth-order valence-electron chi connectivity index (χ4n) is 4.92. The lowest BCUT2D eigenvalue weighted by atomic mass is 9.79. The van der Waals surface area contributed by atoms with E-state index in [1.807, 2.05) is 76.2 Å². The van der Waals surface area contributed by atoms with Gasteiger partial charge in [0.05, 0.1) is 17.5 Å². The van der Waals surface area contributed by atoms with Crippen LogP contribution < -0.4 is 5.32 Å². The summed E-state index contributed by atoms with van der Waals surface area (Å²) in [5.41, 5.74) is 1.79. The summed E-state index contributed by atoms with van der Waals surface area (Å²) in [6, 6.07) is 15.9. The molecule has 0 atom stereocenters. The smallest absolute Gasteiger partial charge is 0.224 e. The summed E-state index contributed by atoms with van der Waals surface area (Å²) in [5.74, 6) is -0.0116. The number of hydroxylamine groups is 2. The molecule has 1 radical (unpaired) electrons. The first-order valence-corrected chi connectivity index (χ1v) is 10.2. The van der Waals surface area contributed by atoms with E-state index in [1.54, 1.807) is 0 Å². The minimum atomic E-state index is -0.504. The lowest BCUT2D eigenvalue weighted by Crippen LogP contribution is -2.62. The summed E-state index contributed by atoms with van der Waals surface area (Å²) in [6.07, 6.45) is 1.58. The minimum absolute atomic E-state index is 0.0116. The van der Waals surface area contributed by atoms with Crippen LogP contribution in [-0.2, 0) is 16.4 Å². The maximum absolute atomic E-state index is 13.0. The Labute approximate surface area is 171 Å². The number of pyridine rings is 1. The number of amides is 1. The van der Waals surface area contributed by atoms with Gasteiger partial charge in [-0.05, 0) is 58.2 Å². The standard InChI is InChI=1S/C24H28N3O2/c1-23(2)14-16(15-24(3,4)27(23)29)25-22(28)13-19-17-9-5-7-11-20(17)26-21-12-8-6-10-18(19)21/h5-12,16H,13-15H2,1-4H3,(H,25,28). The Bertz CT molecular complexity index is 1000. The molecule has 3 aromatic rings. The third-order valence-electron chi connectivity index (χ3n) is 5.99. The lowest BCUT2D eigenvalue weighted by Gasteiger charge is -2.50. The first-order chi connectivity index (χ1) is 13.7. The Morgan fingerprint density at radius 1 is 0.966 bits per heavy atom. The van der Waals surface area contributed by atoms with E-state index in [4.69, 9.17) is 4.98 Å². The van der Waals surface area contributed by atoms with Crippen molar-refractivity contribution in [3.8, 4) is 0 Å². The SMILES string of the molecule is CC1(C)CC(NC(=O)Cc2c3ccccc3nc3ccccc23)CC(C)(C)N1[O]. The van der Waals surface area contributed by atoms with Gasteiger partial charge in [0.1, 0.15) is 0 Å². The summed E-state index contributed by atoms with van der Waals surface area (Å²) >= 11 is 0. The van der Waals surface area contributed by atoms with Crippen molar-refractivity contribution in [2.75, 3.05) is 0 Å². The normalized spacial score (nSPS) is 19.5. The molecule has 1 saturated heterocycles. The van der Waals surface area contributed by atoms with Crippen molar-refractivity contribution < 1.29 is 10.0 Å². The molecule has 1 amide bonds. The van der Waals surface area contributed by atoms with Crippen LogP contribution in [0.4, 0.5) is 0 Å². The van der Waals surface area contributed by atoms with Gasteiger partial charge < -0.3 is 5.32 Å². The van der Waals surface area contributed by atoms with E-state index < -0.39 is 11.1 Å². The fourth-order valence-corrected chi connectivity index (χ4v) is 4.92. The Kier molecular flexibility index (Phi) is 4.83. The largest absolute Gasteiger partial charge is 0.353 e. The van der Waals surface area contributed by atoms with Gasteiger partial charge in [0.25, 0.3) is 0 Å². The molecule has 1 aromatic heterocycles. The average molecular weight is 391 g/mol. The lowest BCUT2D eigenvalue weighted by molar-refractivity contribution is -0.290. The Balaban J connectivity index is 1.62. The summed E-state index contributed by atoms with van der Waals surface area (Å²) in [6.45, 7) is 7.79. The second kappa shape index (κ2) is 7.08. The van der Waals surface area contributed by atoms with Gasteiger partial charge in [0.15, 0.2) is 0 Å². The monoisotopic (exact) mass is 390 g/mol. The highest BCUT2D eigenvalue weighted by Crippen LogP contribution is 2.37. The number of carbonyl (C=O) groups excluding carboxylic acids is 1. The number of hydrogen-bond donors (Lipinski definition) is 1. The number of piperidine rings is 1. The number of fused-ring (bicyclic) bond motifs is 2. The van der Waals surface area contributed by atoms with Crippen molar-refractivity contribution in [2.24, 2.45) is 0 Å². The molecule has 0 saturated carbocycles. The van der Waals surface area contributed by atoms with Gasteiger partial charge >= 0.3 is 0 Å². The Hall–Kier alpha value is -2.50. The molecule has 0 bridgehead atoms. The van der Waals surface area contributed by atoms with Crippen LogP contribution in [0.2, 0.25) is 0 Å². The summed E-state index contributed by atoms with van der Waals surface area (Å²) in [5, 5.41) is 19.0. The van der Waals surface area contributed by atoms with E-state index in [9.17, 15) is 10.0 Å². The number of carbonyl (C=O) groups is 1. The zero-order valence-electron chi connectivity index (χ0n) is 17.5. The third-order valence-corrected chi connectivity index (χ3v) is 5.99. The van der Waals surface area contributed by atoms with E-state index in [-0.39, 0.29) is 11.9 Å². The van der Waals surface area contributed by atoms with Crippen LogP contribution in [0.1, 0.15) is 46.1 Å². The van der Waals surface area contributed by atoms with Gasteiger partial charge in [-0.3, -0.25) is 4.79 Å². The van der Waals surface area contributed by atoms with Crippen molar-refractivity contribution in [3.05, 3.63) is 54.1 Å². The van der Waals surface area contributed by atoms with Crippen LogP contribution in [0.3, 0.4) is 0 Å². The second-order valence-electron chi connectivity index (χ2n) is 9.39. The summed E-state index contributed by atoms with van der Waals surface area (Å²) in [7, 11) is 0. The predicted molar refractivity (Wildman–Crippen MR) is 115 cm³/mol. The van der Waals surface area contributed by atoms with Crippen LogP contribution in [0.25, 0.3) is 21.8 Å². The third kappa shape index (κ3) is 3.72. The molecule has 5 heteroatoms. The van der Waals surface area contributed by atoms with E-state index >= 15 is 0 Å². The molecule has 2 heterocycles. The molecule has 29 heavy (non-hydrogen) atoms. The zero-order chi connectivity index (χ0) is 20.8. The van der Waals surface area contributed by atoms with Crippen LogP contribution in [0.5, 0.6) is 0 Å². The van der Waals surface area contributed by atoms with E-state index in [1.165, 1.54) is 5.06 Å². The highest BCUT2D eigenvalue weighted by molar-refractivity contribution is 6.00. The van der Waals surface area contributed by atoms with Gasteiger partial charge in [-0.1, -0.05) is 36.4 Å². The quantitative estimate of drug-likeness (QED) is 0.674. The molecule has 4 rings (SSSR count). The molecule has 0 aliphatic carbocycles. The van der Waals surface area contributed by atoms with Crippen molar-refractivity contribution in [2.45, 2.75) is 64.1 Å². The van der Waals surface area contributed by atoms with Gasteiger partial charge in [0, 0.05) is 27.9 Å². The van der Waals surface area contributed by atoms with Crippen LogP contribution in [0, 0.1) is 0 Å². The van der Waals surface area contributed by atoms with Gasteiger partial charge in [-0.25, -0.2) is 4.98 Å². The van der Waals surface area contributed by atoms with Gasteiger partial charge in [-0.2, -0.15) is 0 Å². The summed E-state index contributed by atoms with van der Waals surface area (Å²) in [4.78, 5) is 17.8. The molecule has 1 fully saturated rings. The number of aromatic nitrogens is 1. The predicted octanol–water partition coefficient (Wildman–Crippen LogP) is 4.41. The van der Waals surface area contributed by atoms with Crippen LogP contribution in [-0.4, -0.2) is 33.1 Å². The molecule has 1 aliphatic heterocycles. The van der Waals surface area contributed by atoms with Gasteiger partial charge in [0.2, 0.25) is 5.91 Å². The van der Waals surface area contributed by atoms with Crippen molar-refractivity contribution >= 4 is 27.7 Å². The molecular formula is C24H28N3O2. The first kappa shape index (κ1) is 19.8. The van der Waals surface area contributed by atoms with E-state index in [0.29, 0.717) is 19.3 Å². The minimum Gasteiger partial charge on any atom is -0.353 e. The van der Waals surface area contributed by atoms with Crippen LogP contribution in [0.15, 0.2) is 48.5 Å². The van der Waals surface area contributed by atoms with E-state index in [0.717, 1.165) is 27.4 Å². The van der Waals surface area contributed by atoms with Crippen LogP contribution >= 0.6 is 0 Å². The van der Waals surface area contributed by atoms with Crippen molar-refractivity contribution in [1.82, 2.24) is 15.4 Å². The molecule has 1 aliphatic rings. The highest BCUT2D eigenvalue weighted by atomic mass is 16.5. The highest BCUT2D eigenvalue weighted by Gasteiger charge is 2.46. The zero-order valence-corrected chi connectivity index (χ0v) is 17.5. The van der Waals surface area contributed by atoms with E-state index in [2.05, 4.69) is 5.32 Å². The Morgan fingerprint density at radius 2 is 1.45 bits per heavy atom. The molecular weight excluding hydrogens is 362 g/mol. The first-order valence-electron chi connectivity index (χ1n) is 10.2. The number of hydrogen-bond acceptors (Lipinski definition) is 3. The number of nitrogens with zero attached hydrogens (tertiary/aromatic N) is 2. The maximum Gasteiger partial charge on any atom is 0.224 e. The van der Waals surface area contributed by atoms with Gasteiger partial charge in [-0.15, -0.1) is 10.3 Å². The Morgan fingerprint density at radius 3 is 1.97 bits per heavy atom. The van der Waals surface area contributed by atoms with Crippen molar-refractivity contribution in [1.29, 1.82) is 0 Å². The molecule has 0 spiro atoms. The molecule has 0 unspecified atom stereocenters. The van der Waals surface area contributed by atoms with Crippen molar-refractivity contribution in [3.63, 3.8) is 0 Å². The number of rotatable bonds is 3. The maximum atomic E-state index is 13.0. The summed E-state index contributed by atoms with van der Waals surface area (Å²) < 4.78 is 0.